The van der Waals surface area contributed by atoms with Crippen molar-refractivity contribution in [3.8, 4) is 11.6 Å². The summed E-state index contributed by atoms with van der Waals surface area (Å²) < 4.78 is 5.49. The molecule has 0 saturated carbocycles. The summed E-state index contributed by atoms with van der Waals surface area (Å²) in [5.41, 5.74) is 5.45. The topological polar surface area (TPSA) is 80.7 Å². The highest BCUT2D eigenvalue weighted by Crippen LogP contribution is 2.42. The van der Waals surface area contributed by atoms with E-state index in [0.29, 0.717) is 17.2 Å². The number of benzene rings is 1. The van der Waals surface area contributed by atoms with Crippen molar-refractivity contribution in [3.05, 3.63) is 47.2 Å². The van der Waals surface area contributed by atoms with Crippen molar-refractivity contribution in [3.63, 3.8) is 0 Å². The number of pyridine rings is 1. The number of aldehydes is 1. The normalized spacial score (nSPS) is 11.9. The Bertz CT molecular complexity index is 803. The molecule has 1 aromatic heterocycles. The molecule has 152 valence electrons. The number of carbonyl (C=O) groups is 1. The summed E-state index contributed by atoms with van der Waals surface area (Å²) in [6.45, 7) is 13.0. The summed E-state index contributed by atoms with van der Waals surface area (Å²) in [4.78, 5) is 20.2. The van der Waals surface area contributed by atoms with Crippen LogP contribution in [-0.4, -0.2) is 29.6 Å². The van der Waals surface area contributed by atoms with E-state index < -0.39 is 0 Å². The SMILES string of the molecule is CC(C)(C)c1ccc(NOCCOc2ccc(C=O)cn2)c(C(C)(C)C)c1O. The zero-order chi connectivity index (χ0) is 20.9. The molecule has 6 nitrogen and oxygen atoms in total. The molecule has 0 amide bonds. The Balaban J connectivity index is 2.01. The smallest absolute Gasteiger partial charge is 0.213 e. The molecule has 0 atom stereocenters. The van der Waals surface area contributed by atoms with E-state index in [2.05, 4.69) is 52.0 Å². The number of hydrogen-bond donors (Lipinski definition) is 2. The number of phenols is 1. The van der Waals surface area contributed by atoms with Gasteiger partial charge in [-0.2, -0.15) is 0 Å². The van der Waals surface area contributed by atoms with Gasteiger partial charge in [-0.05, 0) is 28.5 Å². The molecule has 0 aliphatic carbocycles. The van der Waals surface area contributed by atoms with Gasteiger partial charge >= 0.3 is 0 Å². The number of carbonyl (C=O) groups excluding carboxylic acids is 1. The summed E-state index contributed by atoms with van der Waals surface area (Å²) in [5, 5.41) is 10.9. The van der Waals surface area contributed by atoms with E-state index in [1.165, 1.54) is 6.20 Å². The number of ether oxygens (including phenoxy) is 1. The van der Waals surface area contributed by atoms with Crippen molar-refractivity contribution in [2.45, 2.75) is 52.4 Å². The van der Waals surface area contributed by atoms with Crippen LogP contribution >= 0.6 is 0 Å². The maximum absolute atomic E-state index is 10.9. The molecule has 1 aromatic carbocycles. The lowest BCUT2D eigenvalue weighted by molar-refractivity contribution is 0.112. The van der Waals surface area contributed by atoms with Gasteiger partial charge in [0.15, 0.2) is 6.29 Å². The first-order chi connectivity index (χ1) is 13.0. The lowest BCUT2D eigenvalue weighted by Gasteiger charge is -2.29. The number of nitrogens with zero attached hydrogens (tertiary/aromatic N) is 1. The van der Waals surface area contributed by atoms with E-state index in [4.69, 9.17) is 9.57 Å². The highest BCUT2D eigenvalue weighted by Gasteiger charge is 2.28. The number of anilines is 1. The Morgan fingerprint density at radius 1 is 1.04 bits per heavy atom. The Kier molecular flexibility index (Phi) is 6.67. The fourth-order valence-corrected chi connectivity index (χ4v) is 2.90. The number of aromatic nitrogens is 1. The Hall–Kier alpha value is -2.60. The monoisotopic (exact) mass is 386 g/mol. The summed E-state index contributed by atoms with van der Waals surface area (Å²) in [6.07, 6.45) is 2.19. The van der Waals surface area contributed by atoms with Gasteiger partial charge in [0.25, 0.3) is 0 Å². The minimum absolute atomic E-state index is 0.163. The van der Waals surface area contributed by atoms with Crippen LogP contribution in [0.4, 0.5) is 5.69 Å². The van der Waals surface area contributed by atoms with Crippen LogP contribution < -0.4 is 10.2 Å². The van der Waals surface area contributed by atoms with Crippen LogP contribution in [-0.2, 0) is 15.7 Å². The molecular weight excluding hydrogens is 356 g/mol. The van der Waals surface area contributed by atoms with Crippen molar-refractivity contribution in [1.29, 1.82) is 0 Å². The third-order valence-electron chi connectivity index (χ3n) is 4.25. The van der Waals surface area contributed by atoms with E-state index in [9.17, 15) is 9.90 Å². The molecule has 6 heteroatoms. The van der Waals surface area contributed by atoms with Gasteiger partial charge in [0.05, 0.1) is 5.69 Å². The zero-order valence-electron chi connectivity index (χ0n) is 17.5. The van der Waals surface area contributed by atoms with Crippen LogP contribution in [0.3, 0.4) is 0 Å². The van der Waals surface area contributed by atoms with Crippen LogP contribution in [0.2, 0.25) is 0 Å². The predicted octanol–water partition coefficient (Wildman–Crippen LogP) is 4.62. The first-order valence-corrected chi connectivity index (χ1v) is 9.33. The average molecular weight is 386 g/mol. The molecule has 2 rings (SSSR count). The standard InChI is InChI=1S/C22H30N2O4/c1-21(2,3)16-8-9-17(19(20(16)26)22(4,5)6)24-28-12-11-27-18-10-7-15(14-25)13-23-18/h7-10,13-14,24,26H,11-12H2,1-6H3. The van der Waals surface area contributed by atoms with Crippen molar-refractivity contribution in [2.75, 3.05) is 18.7 Å². The van der Waals surface area contributed by atoms with E-state index >= 15 is 0 Å². The lowest BCUT2D eigenvalue weighted by Crippen LogP contribution is -2.20. The van der Waals surface area contributed by atoms with Crippen molar-refractivity contribution in [2.24, 2.45) is 0 Å². The number of rotatable bonds is 7. The molecular formula is C22H30N2O4. The maximum Gasteiger partial charge on any atom is 0.213 e. The first kappa shape index (κ1) is 21.7. The molecule has 28 heavy (non-hydrogen) atoms. The molecule has 1 heterocycles. The van der Waals surface area contributed by atoms with Gasteiger partial charge in [-0.15, -0.1) is 0 Å². The second kappa shape index (κ2) is 8.61. The Morgan fingerprint density at radius 2 is 1.75 bits per heavy atom. The maximum atomic E-state index is 10.9. The molecule has 2 aromatic rings. The highest BCUT2D eigenvalue weighted by atomic mass is 16.7. The summed E-state index contributed by atoms with van der Waals surface area (Å²) >= 11 is 0. The number of nitrogens with one attached hydrogen (secondary N) is 1. The molecule has 0 spiro atoms. The second-order valence-corrected chi connectivity index (χ2v) is 8.73. The quantitative estimate of drug-likeness (QED) is 0.411. The van der Waals surface area contributed by atoms with Gasteiger partial charge < -0.3 is 9.84 Å². The van der Waals surface area contributed by atoms with Gasteiger partial charge in [0.2, 0.25) is 5.88 Å². The molecule has 0 aliphatic heterocycles. The van der Waals surface area contributed by atoms with Gasteiger partial charge in [-0.3, -0.25) is 15.1 Å². The third kappa shape index (κ3) is 5.45. The van der Waals surface area contributed by atoms with E-state index in [1.54, 1.807) is 12.1 Å². The second-order valence-electron chi connectivity index (χ2n) is 8.73. The van der Waals surface area contributed by atoms with Crippen LogP contribution in [0.15, 0.2) is 30.5 Å². The zero-order valence-corrected chi connectivity index (χ0v) is 17.5. The minimum atomic E-state index is -0.266. The molecule has 0 aliphatic rings. The van der Waals surface area contributed by atoms with Gasteiger partial charge in [-0.25, -0.2) is 4.98 Å². The molecule has 0 radical (unpaired) electrons. The molecule has 2 N–H and O–H groups in total. The van der Waals surface area contributed by atoms with Gasteiger partial charge in [-0.1, -0.05) is 47.6 Å². The molecule has 0 unspecified atom stereocenters. The fourth-order valence-electron chi connectivity index (χ4n) is 2.90. The number of aromatic hydroxyl groups is 1. The van der Waals surface area contributed by atoms with Crippen LogP contribution in [0.25, 0.3) is 0 Å². The fraction of sp³-hybridized carbons (Fsp3) is 0.455. The van der Waals surface area contributed by atoms with Crippen molar-refractivity contribution in [1.82, 2.24) is 4.98 Å². The third-order valence-corrected chi connectivity index (χ3v) is 4.25. The number of phenolic OH excluding ortho intramolecular Hbond substituents is 1. The van der Waals surface area contributed by atoms with Crippen molar-refractivity contribution < 1.29 is 19.5 Å². The predicted molar refractivity (Wildman–Crippen MR) is 110 cm³/mol. The Labute approximate surface area is 166 Å². The summed E-state index contributed by atoms with van der Waals surface area (Å²) in [6, 6.07) is 7.13. The Morgan fingerprint density at radius 3 is 2.29 bits per heavy atom. The van der Waals surface area contributed by atoms with Gasteiger partial charge in [0, 0.05) is 23.4 Å². The number of hydrogen-bond acceptors (Lipinski definition) is 6. The van der Waals surface area contributed by atoms with E-state index in [0.717, 1.165) is 23.1 Å². The van der Waals surface area contributed by atoms with Crippen LogP contribution in [0, 0.1) is 0 Å². The van der Waals surface area contributed by atoms with E-state index in [-0.39, 0.29) is 24.0 Å². The van der Waals surface area contributed by atoms with Crippen molar-refractivity contribution >= 4 is 12.0 Å². The molecule has 0 bridgehead atoms. The van der Waals surface area contributed by atoms with Crippen LogP contribution in [0.5, 0.6) is 11.6 Å². The first-order valence-electron chi connectivity index (χ1n) is 9.33. The van der Waals surface area contributed by atoms with Gasteiger partial charge in [0.1, 0.15) is 19.0 Å². The highest BCUT2D eigenvalue weighted by molar-refractivity contribution is 5.74. The lowest BCUT2D eigenvalue weighted by atomic mass is 9.79. The molecule has 0 fully saturated rings. The molecule has 0 saturated heterocycles. The summed E-state index contributed by atoms with van der Waals surface area (Å²) in [7, 11) is 0. The van der Waals surface area contributed by atoms with Crippen LogP contribution in [0.1, 0.15) is 63.0 Å². The minimum Gasteiger partial charge on any atom is -0.507 e. The summed E-state index contributed by atoms with van der Waals surface area (Å²) in [5.74, 6) is 0.723. The average Bonchev–Trinajstić information content (AvgIpc) is 2.59. The largest absolute Gasteiger partial charge is 0.507 e. The van der Waals surface area contributed by atoms with E-state index in [1.807, 2.05) is 12.1 Å².